The molecule has 0 amide bonds. The molecule has 0 aliphatic rings. The number of benzene rings is 1. The Morgan fingerprint density at radius 2 is 2.21 bits per heavy atom. The van der Waals surface area contributed by atoms with Crippen molar-refractivity contribution in [3.8, 4) is 0 Å². The topological polar surface area (TPSA) is 0 Å². The highest BCUT2D eigenvalue weighted by atomic mass is 19.1. The molecule has 14 heavy (non-hydrogen) atoms. The summed E-state index contributed by atoms with van der Waals surface area (Å²) < 4.78 is 12.6. The summed E-state index contributed by atoms with van der Waals surface area (Å²) >= 11 is 0. The first-order valence-corrected chi connectivity index (χ1v) is 4.87. The van der Waals surface area contributed by atoms with Gasteiger partial charge in [0, 0.05) is 5.92 Å². The fourth-order valence-electron chi connectivity index (χ4n) is 1.66. The molecule has 75 valence electrons. The molecular weight excluding hydrogens is 175 g/mol. The van der Waals surface area contributed by atoms with E-state index in [9.17, 15) is 4.39 Å². The van der Waals surface area contributed by atoms with Crippen LogP contribution in [0.3, 0.4) is 0 Å². The summed E-state index contributed by atoms with van der Waals surface area (Å²) in [6.07, 6.45) is 2.74. The van der Waals surface area contributed by atoms with Crippen molar-refractivity contribution in [2.45, 2.75) is 20.3 Å². The van der Waals surface area contributed by atoms with E-state index in [-0.39, 0.29) is 6.67 Å². The molecule has 0 saturated heterocycles. The van der Waals surface area contributed by atoms with Crippen molar-refractivity contribution < 1.29 is 4.39 Å². The molecule has 1 rings (SSSR count). The lowest BCUT2D eigenvalue weighted by Gasteiger charge is -2.14. The third-order valence-electron chi connectivity index (χ3n) is 2.45. The van der Waals surface area contributed by atoms with E-state index in [0.717, 1.165) is 23.5 Å². The summed E-state index contributed by atoms with van der Waals surface area (Å²) in [5, 5.41) is 0. The molecule has 1 radical (unpaired) electrons. The van der Waals surface area contributed by atoms with Crippen LogP contribution in [-0.4, -0.2) is 6.67 Å². The summed E-state index contributed by atoms with van der Waals surface area (Å²) in [6.45, 7) is 7.30. The largest absolute Gasteiger partial charge is 0.250 e. The Bertz CT molecular complexity index is 315. The first kappa shape index (κ1) is 11.0. The number of rotatable bonds is 4. The van der Waals surface area contributed by atoms with Crippen LogP contribution in [0.25, 0.3) is 6.08 Å². The lowest BCUT2D eigenvalue weighted by atomic mass is 9.91. The molecule has 0 saturated carbocycles. The SMILES string of the molecule is C=Cc1cccc([C](C)CF)c1CC. The summed E-state index contributed by atoms with van der Waals surface area (Å²) in [4.78, 5) is 0. The van der Waals surface area contributed by atoms with E-state index in [1.807, 2.05) is 31.2 Å². The van der Waals surface area contributed by atoms with Gasteiger partial charge in [0.25, 0.3) is 0 Å². The van der Waals surface area contributed by atoms with Gasteiger partial charge in [0.1, 0.15) is 0 Å². The molecule has 0 nitrogen and oxygen atoms in total. The molecule has 0 heterocycles. The first-order chi connectivity index (χ1) is 6.74. The highest BCUT2D eigenvalue weighted by molar-refractivity contribution is 5.57. The summed E-state index contributed by atoms with van der Waals surface area (Å²) in [5.74, 6) is 0.797. The zero-order chi connectivity index (χ0) is 10.6. The highest BCUT2D eigenvalue weighted by Gasteiger charge is 2.11. The van der Waals surface area contributed by atoms with Crippen molar-refractivity contribution in [1.82, 2.24) is 0 Å². The Morgan fingerprint density at radius 3 is 2.71 bits per heavy atom. The zero-order valence-electron chi connectivity index (χ0n) is 8.81. The maximum Gasteiger partial charge on any atom is 0.0997 e. The second-order valence-electron chi connectivity index (χ2n) is 3.34. The van der Waals surface area contributed by atoms with Crippen LogP contribution in [-0.2, 0) is 6.42 Å². The Balaban J connectivity index is 3.21. The maximum atomic E-state index is 12.6. The monoisotopic (exact) mass is 191 g/mol. The van der Waals surface area contributed by atoms with Gasteiger partial charge in [0.2, 0.25) is 0 Å². The second-order valence-corrected chi connectivity index (χ2v) is 3.34. The van der Waals surface area contributed by atoms with Gasteiger partial charge in [-0.3, -0.25) is 4.39 Å². The molecule has 0 fully saturated rings. The van der Waals surface area contributed by atoms with E-state index in [4.69, 9.17) is 0 Å². The molecule has 0 aromatic heterocycles. The van der Waals surface area contributed by atoms with Crippen LogP contribution >= 0.6 is 0 Å². The van der Waals surface area contributed by atoms with Crippen molar-refractivity contribution >= 4 is 6.08 Å². The van der Waals surface area contributed by atoms with E-state index < -0.39 is 0 Å². The molecule has 0 atom stereocenters. The fourth-order valence-corrected chi connectivity index (χ4v) is 1.66. The smallest absolute Gasteiger partial charge is 0.0997 e. The van der Waals surface area contributed by atoms with Crippen molar-refractivity contribution in [3.63, 3.8) is 0 Å². The Labute approximate surface area is 85.5 Å². The standard InChI is InChI=1S/C13H16F/c1-4-11-7-6-8-13(10(3)9-14)12(11)5-2/h4,6-8H,1,5,9H2,2-3H3. The minimum Gasteiger partial charge on any atom is -0.250 e. The van der Waals surface area contributed by atoms with Crippen LogP contribution in [0.15, 0.2) is 24.8 Å². The molecule has 1 aromatic carbocycles. The molecule has 1 aromatic rings. The number of hydrogen-bond donors (Lipinski definition) is 0. The Kier molecular flexibility index (Phi) is 3.87. The van der Waals surface area contributed by atoms with Gasteiger partial charge >= 0.3 is 0 Å². The molecule has 1 heteroatoms. The van der Waals surface area contributed by atoms with E-state index >= 15 is 0 Å². The molecule has 0 spiro atoms. The van der Waals surface area contributed by atoms with Crippen molar-refractivity contribution in [2.75, 3.05) is 6.67 Å². The van der Waals surface area contributed by atoms with E-state index in [1.54, 1.807) is 0 Å². The van der Waals surface area contributed by atoms with Gasteiger partial charge in [0.05, 0.1) is 6.67 Å². The number of alkyl halides is 1. The van der Waals surface area contributed by atoms with Crippen molar-refractivity contribution in [2.24, 2.45) is 0 Å². The third-order valence-corrected chi connectivity index (χ3v) is 2.45. The van der Waals surface area contributed by atoms with Gasteiger partial charge in [-0.15, -0.1) is 0 Å². The van der Waals surface area contributed by atoms with Gasteiger partial charge in [-0.2, -0.15) is 0 Å². The average Bonchev–Trinajstić information content (AvgIpc) is 2.26. The molecule has 0 aliphatic heterocycles. The second kappa shape index (κ2) is 4.94. The van der Waals surface area contributed by atoms with Crippen LogP contribution in [0, 0.1) is 5.92 Å². The predicted octanol–water partition coefficient (Wildman–Crippen LogP) is 3.80. The van der Waals surface area contributed by atoms with Gasteiger partial charge in [-0.25, -0.2) is 0 Å². The van der Waals surface area contributed by atoms with Crippen LogP contribution in [0.5, 0.6) is 0 Å². The van der Waals surface area contributed by atoms with Crippen molar-refractivity contribution in [3.05, 3.63) is 47.4 Å². The van der Waals surface area contributed by atoms with E-state index in [1.165, 1.54) is 5.56 Å². The maximum absolute atomic E-state index is 12.6. The summed E-state index contributed by atoms with van der Waals surface area (Å²) in [7, 11) is 0. The predicted molar refractivity (Wildman–Crippen MR) is 59.9 cm³/mol. The lowest BCUT2D eigenvalue weighted by molar-refractivity contribution is 0.515. The number of halogens is 1. The molecule has 0 aliphatic carbocycles. The van der Waals surface area contributed by atoms with Gasteiger partial charge in [-0.1, -0.05) is 44.7 Å². The number of hydrogen-bond acceptors (Lipinski definition) is 0. The normalized spacial score (nSPS) is 10.6. The summed E-state index contributed by atoms with van der Waals surface area (Å²) in [5.41, 5.74) is 3.34. The molecule has 0 N–H and O–H groups in total. The van der Waals surface area contributed by atoms with E-state index in [2.05, 4.69) is 13.5 Å². The molecule has 0 unspecified atom stereocenters. The lowest BCUT2D eigenvalue weighted by Crippen LogP contribution is -2.03. The quantitative estimate of drug-likeness (QED) is 0.679. The van der Waals surface area contributed by atoms with Crippen LogP contribution in [0.4, 0.5) is 4.39 Å². The first-order valence-electron chi connectivity index (χ1n) is 4.87. The minimum absolute atomic E-state index is 0.381. The van der Waals surface area contributed by atoms with E-state index in [0.29, 0.717) is 0 Å². The van der Waals surface area contributed by atoms with Crippen LogP contribution in [0.1, 0.15) is 30.5 Å². The molecular formula is C13H16F. The Morgan fingerprint density at radius 1 is 1.50 bits per heavy atom. The zero-order valence-corrected chi connectivity index (χ0v) is 8.81. The van der Waals surface area contributed by atoms with Crippen LogP contribution in [0.2, 0.25) is 0 Å². The third kappa shape index (κ3) is 2.03. The highest BCUT2D eigenvalue weighted by Crippen LogP contribution is 2.23. The van der Waals surface area contributed by atoms with Gasteiger partial charge in [0.15, 0.2) is 0 Å². The van der Waals surface area contributed by atoms with Gasteiger partial charge in [-0.05, 0) is 23.1 Å². The molecule has 0 bridgehead atoms. The minimum atomic E-state index is -0.381. The van der Waals surface area contributed by atoms with Crippen molar-refractivity contribution in [1.29, 1.82) is 0 Å². The summed E-state index contributed by atoms with van der Waals surface area (Å²) in [6, 6.07) is 5.94. The average molecular weight is 191 g/mol. The fraction of sp³-hybridized carbons (Fsp3) is 0.308. The van der Waals surface area contributed by atoms with Gasteiger partial charge < -0.3 is 0 Å². The Hall–Kier alpha value is -1.11. The van der Waals surface area contributed by atoms with Crippen LogP contribution < -0.4 is 0 Å².